The van der Waals surface area contributed by atoms with Gasteiger partial charge >= 0.3 is 12.4 Å². The standard InChI is InChI=1S/C17H20F6N2O3.C4H10.C2H6/c18-16(19,20)9-27-12-4-5-14(28-10-17(21,22)23)13(7-12)15(26)25-8-11-3-1-2-6-24-11;1-4(2)3;1-2/h4-5,7,11,24H,1-3,6,8-10H2,(H,25,26);4H,1-3H3;1-2H3. The Morgan fingerprint density at radius 3 is 2.09 bits per heavy atom. The average molecular weight is 503 g/mol. The van der Waals surface area contributed by atoms with E-state index >= 15 is 0 Å². The van der Waals surface area contributed by atoms with E-state index in [1.165, 1.54) is 0 Å². The number of halogens is 6. The lowest BCUT2D eigenvalue weighted by Crippen LogP contribution is -2.43. The van der Waals surface area contributed by atoms with Crippen LogP contribution in [0.1, 0.15) is 64.2 Å². The molecule has 5 nitrogen and oxygen atoms in total. The van der Waals surface area contributed by atoms with Crippen molar-refractivity contribution in [3.8, 4) is 11.5 Å². The second-order valence-electron chi connectivity index (χ2n) is 8.05. The van der Waals surface area contributed by atoms with Gasteiger partial charge in [0, 0.05) is 12.6 Å². The van der Waals surface area contributed by atoms with E-state index in [9.17, 15) is 31.1 Å². The molecule has 1 saturated heterocycles. The largest absolute Gasteiger partial charge is 0.484 e. The molecule has 198 valence electrons. The van der Waals surface area contributed by atoms with Crippen LogP contribution >= 0.6 is 0 Å². The number of hydrogen-bond donors (Lipinski definition) is 2. The van der Waals surface area contributed by atoms with Crippen LogP contribution in [0.3, 0.4) is 0 Å². The van der Waals surface area contributed by atoms with E-state index in [0.29, 0.717) is 0 Å². The van der Waals surface area contributed by atoms with Crippen molar-refractivity contribution >= 4 is 5.91 Å². The Balaban J connectivity index is 0.00000164. The number of rotatable bonds is 7. The number of benzene rings is 1. The molecule has 0 radical (unpaired) electrons. The lowest BCUT2D eigenvalue weighted by atomic mass is 10.0. The normalized spacial score (nSPS) is 15.9. The minimum absolute atomic E-state index is 0.0157. The Labute approximate surface area is 197 Å². The Morgan fingerprint density at radius 1 is 1.03 bits per heavy atom. The molecule has 0 aromatic heterocycles. The summed E-state index contributed by atoms with van der Waals surface area (Å²) in [6, 6.07) is 2.94. The Morgan fingerprint density at radius 2 is 1.59 bits per heavy atom. The zero-order valence-electron chi connectivity index (χ0n) is 20.3. The molecule has 34 heavy (non-hydrogen) atoms. The average Bonchev–Trinajstić information content (AvgIpc) is 2.75. The van der Waals surface area contributed by atoms with Crippen molar-refractivity contribution in [1.82, 2.24) is 10.6 Å². The number of ether oxygens (including phenoxy) is 2. The fraction of sp³-hybridized carbons (Fsp3) is 0.696. The Kier molecular flexibility index (Phi) is 14.7. The second kappa shape index (κ2) is 15.7. The maximum absolute atomic E-state index is 12.4. The van der Waals surface area contributed by atoms with E-state index in [1.807, 2.05) is 13.8 Å². The van der Waals surface area contributed by atoms with Crippen molar-refractivity contribution in [2.45, 2.75) is 72.3 Å². The first kappa shape index (κ1) is 31.8. The molecule has 2 N–H and O–H groups in total. The van der Waals surface area contributed by atoms with Crippen LogP contribution in [0.4, 0.5) is 26.3 Å². The molecule has 1 aromatic carbocycles. The van der Waals surface area contributed by atoms with E-state index in [2.05, 4.69) is 40.9 Å². The Hall–Kier alpha value is -2.17. The summed E-state index contributed by atoms with van der Waals surface area (Å²) in [4.78, 5) is 12.4. The lowest BCUT2D eigenvalue weighted by Gasteiger charge is -2.24. The molecule has 11 heteroatoms. The maximum Gasteiger partial charge on any atom is 0.422 e. The first-order chi connectivity index (χ1) is 15.8. The fourth-order valence-electron chi connectivity index (χ4n) is 2.64. The van der Waals surface area contributed by atoms with Crippen molar-refractivity contribution in [3.05, 3.63) is 23.8 Å². The van der Waals surface area contributed by atoms with Crippen molar-refractivity contribution in [2.24, 2.45) is 5.92 Å². The van der Waals surface area contributed by atoms with Gasteiger partial charge in [-0.3, -0.25) is 4.79 Å². The maximum atomic E-state index is 12.4. The summed E-state index contributed by atoms with van der Waals surface area (Å²) in [6.45, 7) is 8.29. The van der Waals surface area contributed by atoms with Crippen LogP contribution in [0.25, 0.3) is 0 Å². The van der Waals surface area contributed by atoms with E-state index < -0.39 is 37.2 Å². The predicted octanol–water partition coefficient (Wildman–Crippen LogP) is 6.13. The third-order valence-electron chi connectivity index (χ3n) is 3.91. The highest BCUT2D eigenvalue weighted by Gasteiger charge is 2.30. The zero-order chi connectivity index (χ0) is 26.4. The van der Waals surface area contributed by atoms with Crippen LogP contribution in [0, 0.1) is 5.92 Å². The van der Waals surface area contributed by atoms with Gasteiger partial charge in [-0.25, -0.2) is 0 Å². The van der Waals surface area contributed by atoms with Crippen LogP contribution in [0.15, 0.2) is 18.2 Å². The highest BCUT2D eigenvalue weighted by molar-refractivity contribution is 5.97. The van der Waals surface area contributed by atoms with Crippen molar-refractivity contribution in [3.63, 3.8) is 0 Å². The van der Waals surface area contributed by atoms with Gasteiger partial charge in [-0.15, -0.1) is 0 Å². The molecule has 1 atom stereocenters. The van der Waals surface area contributed by atoms with Crippen molar-refractivity contribution in [1.29, 1.82) is 0 Å². The predicted molar refractivity (Wildman–Crippen MR) is 119 cm³/mol. The molecular weight excluding hydrogens is 466 g/mol. The summed E-state index contributed by atoms with van der Waals surface area (Å²) in [5.41, 5.74) is -0.334. The van der Waals surface area contributed by atoms with Crippen LogP contribution in [0.5, 0.6) is 11.5 Å². The molecule has 2 rings (SSSR count). The quantitative estimate of drug-likeness (QED) is 0.441. The van der Waals surface area contributed by atoms with Crippen molar-refractivity contribution in [2.75, 3.05) is 26.3 Å². The summed E-state index contributed by atoms with van der Waals surface area (Å²) in [5, 5.41) is 5.75. The second-order valence-corrected chi connectivity index (χ2v) is 8.05. The number of piperidine rings is 1. The van der Waals surface area contributed by atoms with Gasteiger partial charge < -0.3 is 20.1 Å². The first-order valence-electron chi connectivity index (χ1n) is 11.3. The van der Waals surface area contributed by atoms with Gasteiger partial charge in [0.25, 0.3) is 5.91 Å². The third kappa shape index (κ3) is 15.6. The topological polar surface area (TPSA) is 59.6 Å². The molecule has 1 aliphatic heterocycles. The molecule has 1 amide bonds. The smallest absolute Gasteiger partial charge is 0.422 e. The lowest BCUT2D eigenvalue weighted by molar-refractivity contribution is -0.154. The number of hydrogen-bond acceptors (Lipinski definition) is 4. The number of amides is 1. The van der Waals surface area contributed by atoms with Gasteiger partial charge in [0.05, 0.1) is 5.56 Å². The van der Waals surface area contributed by atoms with Gasteiger partial charge in [-0.1, -0.05) is 41.0 Å². The summed E-state index contributed by atoms with van der Waals surface area (Å²) in [7, 11) is 0. The number of carbonyl (C=O) groups excluding carboxylic acids is 1. The monoisotopic (exact) mass is 502 g/mol. The third-order valence-corrected chi connectivity index (χ3v) is 3.91. The van der Waals surface area contributed by atoms with Gasteiger partial charge in [0.2, 0.25) is 0 Å². The molecule has 1 aromatic rings. The van der Waals surface area contributed by atoms with Gasteiger partial charge in [-0.2, -0.15) is 26.3 Å². The molecular formula is C23H36F6N2O3. The summed E-state index contributed by atoms with van der Waals surface area (Å²) < 4.78 is 83.3. The molecule has 0 bridgehead atoms. The fourth-order valence-corrected chi connectivity index (χ4v) is 2.64. The van der Waals surface area contributed by atoms with Gasteiger partial charge in [0.15, 0.2) is 13.2 Å². The minimum atomic E-state index is -4.63. The van der Waals surface area contributed by atoms with E-state index in [-0.39, 0.29) is 23.9 Å². The molecule has 1 unspecified atom stereocenters. The van der Waals surface area contributed by atoms with Crippen molar-refractivity contribution < 1.29 is 40.6 Å². The van der Waals surface area contributed by atoms with E-state index in [1.54, 1.807) is 0 Å². The van der Waals surface area contributed by atoms with Gasteiger partial charge in [-0.05, 0) is 43.5 Å². The van der Waals surface area contributed by atoms with Crippen LogP contribution in [-0.2, 0) is 0 Å². The molecule has 0 saturated carbocycles. The zero-order valence-corrected chi connectivity index (χ0v) is 20.3. The molecule has 0 aliphatic carbocycles. The SMILES string of the molecule is CC.CC(C)C.O=C(NCC1CCCCN1)c1cc(OCC(F)(F)F)ccc1OCC(F)(F)F. The minimum Gasteiger partial charge on any atom is -0.484 e. The molecule has 1 aliphatic rings. The number of carbonyl (C=O) groups is 1. The molecule has 1 heterocycles. The highest BCUT2D eigenvalue weighted by atomic mass is 19.4. The molecule has 1 fully saturated rings. The summed E-state index contributed by atoms with van der Waals surface area (Å²) >= 11 is 0. The van der Waals surface area contributed by atoms with Crippen LogP contribution < -0.4 is 20.1 Å². The summed E-state index contributed by atoms with van der Waals surface area (Å²) in [6.07, 6.45) is -6.41. The highest BCUT2D eigenvalue weighted by Crippen LogP contribution is 2.28. The van der Waals surface area contributed by atoms with E-state index in [4.69, 9.17) is 0 Å². The first-order valence-corrected chi connectivity index (χ1v) is 11.3. The van der Waals surface area contributed by atoms with Gasteiger partial charge in [0.1, 0.15) is 11.5 Å². The van der Waals surface area contributed by atoms with Crippen LogP contribution in [-0.4, -0.2) is 50.6 Å². The number of alkyl halides is 6. The van der Waals surface area contributed by atoms with E-state index in [0.717, 1.165) is 49.9 Å². The Bertz CT molecular complexity index is 700. The molecule has 0 spiro atoms. The summed E-state index contributed by atoms with van der Waals surface area (Å²) in [5.74, 6) is -0.634. The van der Waals surface area contributed by atoms with Crippen LogP contribution in [0.2, 0.25) is 0 Å². The number of nitrogens with one attached hydrogen (secondary N) is 2.